The summed E-state index contributed by atoms with van der Waals surface area (Å²) in [6.07, 6.45) is 0. The molecule has 0 aliphatic carbocycles. The van der Waals surface area contributed by atoms with Crippen LogP contribution in [0.2, 0.25) is 0 Å². The van der Waals surface area contributed by atoms with Gasteiger partial charge in [0.05, 0.1) is 13.2 Å². The molecule has 0 heterocycles. The SMILES string of the molecule is CN(Cc1cccc(-c2ccc(C(=O)N(C)CCO)cc2)c1)C(=O)CN. The summed E-state index contributed by atoms with van der Waals surface area (Å²) in [5.74, 6) is -0.230. The van der Waals surface area contributed by atoms with Crippen molar-refractivity contribution in [2.24, 2.45) is 5.73 Å². The van der Waals surface area contributed by atoms with Gasteiger partial charge in [0, 0.05) is 32.7 Å². The average molecular weight is 355 g/mol. The van der Waals surface area contributed by atoms with Crippen molar-refractivity contribution in [1.29, 1.82) is 0 Å². The van der Waals surface area contributed by atoms with Gasteiger partial charge < -0.3 is 20.6 Å². The molecule has 6 heteroatoms. The zero-order chi connectivity index (χ0) is 19.1. The van der Waals surface area contributed by atoms with Crippen LogP contribution in [-0.2, 0) is 11.3 Å². The van der Waals surface area contributed by atoms with Crippen molar-refractivity contribution in [3.05, 3.63) is 59.7 Å². The Morgan fingerprint density at radius 2 is 1.69 bits per heavy atom. The molecule has 0 fully saturated rings. The molecule has 0 spiro atoms. The summed E-state index contributed by atoms with van der Waals surface area (Å²) in [6.45, 7) is 0.731. The van der Waals surface area contributed by atoms with E-state index in [1.54, 1.807) is 31.1 Å². The lowest BCUT2D eigenvalue weighted by Gasteiger charge is -2.17. The second-order valence-electron chi connectivity index (χ2n) is 6.18. The van der Waals surface area contributed by atoms with Gasteiger partial charge in [-0.05, 0) is 34.9 Å². The molecule has 0 aromatic heterocycles. The molecule has 26 heavy (non-hydrogen) atoms. The van der Waals surface area contributed by atoms with Crippen LogP contribution in [-0.4, -0.2) is 60.5 Å². The van der Waals surface area contributed by atoms with Gasteiger partial charge >= 0.3 is 0 Å². The van der Waals surface area contributed by atoms with Gasteiger partial charge in [0.1, 0.15) is 0 Å². The first kappa shape index (κ1) is 19.6. The van der Waals surface area contributed by atoms with Crippen LogP contribution in [0.1, 0.15) is 15.9 Å². The Balaban J connectivity index is 2.15. The highest BCUT2D eigenvalue weighted by Crippen LogP contribution is 2.22. The van der Waals surface area contributed by atoms with E-state index in [1.165, 1.54) is 4.90 Å². The van der Waals surface area contributed by atoms with Crippen LogP contribution >= 0.6 is 0 Å². The van der Waals surface area contributed by atoms with Gasteiger partial charge in [-0.1, -0.05) is 30.3 Å². The number of amides is 2. The van der Waals surface area contributed by atoms with E-state index in [0.29, 0.717) is 18.7 Å². The van der Waals surface area contributed by atoms with Gasteiger partial charge in [-0.25, -0.2) is 0 Å². The maximum Gasteiger partial charge on any atom is 0.253 e. The molecule has 0 unspecified atom stereocenters. The van der Waals surface area contributed by atoms with Gasteiger partial charge in [-0.15, -0.1) is 0 Å². The summed E-state index contributed by atoms with van der Waals surface area (Å²) in [6, 6.07) is 15.3. The first-order valence-corrected chi connectivity index (χ1v) is 8.46. The quantitative estimate of drug-likeness (QED) is 0.785. The van der Waals surface area contributed by atoms with E-state index in [9.17, 15) is 9.59 Å². The molecule has 3 N–H and O–H groups in total. The van der Waals surface area contributed by atoms with E-state index < -0.39 is 0 Å². The summed E-state index contributed by atoms with van der Waals surface area (Å²) >= 11 is 0. The Kier molecular flexibility index (Phi) is 6.89. The van der Waals surface area contributed by atoms with E-state index in [0.717, 1.165) is 16.7 Å². The molecule has 2 aromatic rings. The minimum absolute atomic E-state index is 0.00356. The third kappa shape index (κ3) is 4.91. The number of likely N-dealkylation sites (N-methyl/N-ethyl adjacent to an activating group) is 2. The van der Waals surface area contributed by atoms with E-state index >= 15 is 0 Å². The Morgan fingerprint density at radius 1 is 1.00 bits per heavy atom. The molecule has 2 amide bonds. The zero-order valence-corrected chi connectivity index (χ0v) is 15.2. The van der Waals surface area contributed by atoms with Crippen LogP contribution in [0.3, 0.4) is 0 Å². The number of carbonyl (C=O) groups is 2. The van der Waals surface area contributed by atoms with Crippen molar-refractivity contribution in [3.8, 4) is 11.1 Å². The molecule has 0 aliphatic heterocycles. The number of benzene rings is 2. The van der Waals surface area contributed by atoms with Gasteiger partial charge in [0.25, 0.3) is 5.91 Å². The zero-order valence-electron chi connectivity index (χ0n) is 15.2. The lowest BCUT2D eigenvalue weighted by atomic mass is 10.0. The largest absolute Gasteiger partial charge is 0.395 e. The Morgan fingerprint density at radius 3 is 2.31 bits per heavy atom. The van der Waals surface area contributed by atoms with Crippen LogP contribution in [0.4, 0.5) is 0 Å². The summed E-state index contributed by atoms with van der Waals surface area (Å²) in [5.41, 5.74) is 8.98. The van der Waals surface area contributed by atoms with E-state index in [2.05, 4.69) is 0 Å². The van der Waals surface area contributed by atoms with Crippen molar-refractivity contribution in [1.82, 2.24) is 9.80 Å². The number of carbonyl (C=O) groups excluding carboxylic acids is 2. The van der Waals surface area contributed by atoms with Crippen LogP contribution in [0.15, 0.2) is 48.5 Å². The van der Waals surface area contributed by atoms with Gasteiger partial charge in [0.2, 0.25) is 5.91 Å². The van der Waals surface area contributed by atoms with Gasteiger partial charge in [0.15, 0.2) is 0 Å². The third-order valence-electron chi connectivity index (χ3n) is 4.19. The topological polar surface area (TPSA) is 86.9 Å². The minimum atomic E-state index is -0.124. The van der Waals surface area contributed by atoms with Crippen molar-refractivity contribution in [2.45, 2.75) is 6.54 Å². The highest BCUT2D eigenvalue weighted by Gasteiger charge is 2.11. The summed E-state index contributed by atoms with van der Waals surface area (Å²) in [7, 11) is 3.39. The third-order valence-corrected chi connectivity index (χ3v) is 4.19. The summed E-state index contributed by atoms with van der Waals surface area (Å²) in [4.78, 5) is 26.9. The molecule has 2 rings (SSSR count). The Bertz CT molecular complexity index is 759. The van der Waals surface area contributed by atoms with E-state index in [-0.39, 0.29) is 25.0 Å². The monoisotopic (exact) mass is 355 g/mol. The molecule has 0 aliphatic rings. The standard InChI is InChI=1S/C20H25N3O3/c1-22(10-11-24)20(26)17-8-6-16(7-9-17)18-5-3-4-15(12-18)14-23(2)19(25)13-21/h3-9,12,24H,10-11,13-14,21H2,1-2H3. The predicted octanol–water partition coefficient (Wildman–Crippen LogP) is 1.33. The highest BCUT2D eigenvalue weighted by atomic mass is 16.3. The fraction of sp³-hybridized carbons (Fsp3) is 0.300. The van der Waals surface area contributed by atoms with Crippen LogP contribution < -0.4 is 5.73 Å². The normalized spacial score (nSPS) is 10.5. The van der Waals surface area contributed by atoms with Crippen molar-refractivity contribution in [2.75, 3.05) is 33.8 Å². The molecule has 2 aromatic carbocycles. The molecular weight excluding hydrogens is 330 g/mol. The van der Waals surface area contributed by atoms with Gasteiger partial charge in [-0.2, -0.15) is 0 Å². The van der Waals surface area contributed by atoms with Gasteiger partial charge in [-0.3, -0.25) is 9.59 Å². The van der Waals surface area contributed by atoms with Crippen molar-refractivity contribution in [3.63, 3.8) is 0 Å². The maximum absolute atomic E-state index is 12.2. The summed E-state index contributed by atoms with van der Waals surface area (Å²) < 4.78 is 0. The molecule has 0 atom stereocenters. The summed E-state index contributed by atoms with van der Waals surface area (Å²) in [5, 5.41) is 8.94. The number of rotatable bonds is 7. The maximum atomic E-state index is 12.2. The first-order chi connectivity index (χ1) is 12.5. The molecule has 138 valence electrons. The van der Waals surface area contributed by atoms with Crippen molar-refractivity contribution < 1.29 is 14.7 Å². The molecule has 0 bridgehead atoms. The van der Waals surface area contributed by atoms with E-state index in [4.69, 9.17) is 10.8 Å². The highest BCUT2D eigenvalue weighted by molar-refractivity contribution is 5.94. The fourth-order valence-electron chi connectivity index (χ4n) is 2.64. The minimum Gasteiger partial charge on any atom is -0.395 e. The Labute approximate surface area is 153 Å². The first-order valence-electron chi connectivity index (χ1n) is 8.46. The number of nitrogens with zero attached hydrogens (tertiary/aromatic N) is 2. The average Bonchev–Trinajstić information content (AvgIpc) is 2.67. The van der Waals surface area contributed by atoms with Crippen LogP contribution in [0.25, 0.3) is 11.1 Å². The second-order valence-corrected chi connectivity index (χ2v) is 6.18. The number of nitrogens with two attached hydrogens (primary N) is 1. The van der Waals surface area contributed by atoms with E-state index in [1.807, 2.05) is 36.4 Å². The molecule has 0 radical (unpaired) electrons. The number of aliphatic hydroxyl groups excluding tert-OH is 1. The molecular formula is C20H25N3O3. The molecule has 0 saturated heterocycles. The lowest BCUT2D eigenvalue weighted by Crippen LogP contribution is -2.32. The fourth-order valence-corrected chi connectivity index (χ4v) is 2.64. The van der Waals surface area contributed by atoms with Crippen molar-refractivity contribution >= 4 is 11.8 Å². The van der Waals surface area contributed by atoms with Crippen LogP contribution in [0.5, 0.6) is 0 Å². The van der Waals surface area contributed by atoms with Crippen LogP contribution in [0, 0.1) is 0 Å². The second kappa shape index (κ2) is 9.12. The Hall–Kier alpha value is -2.70. The number of aliphatic hydroxyl groups is 1. The predicted molar refractivity (Wildman–Crippen MR) is 101 cm³/mol. The molecule has 0 saturated carbocycles. The number of hydrogen-bond acceptors (Lipinski definition) is 4. The molecule has 6 nitrogen and oxygen atoms in total. The lowest BCUT2D eigenvalue weighted by molar-refractivity contribution is -0.128. The number of hydrogen-bond donors (Lipinski definition) is 2. The smallest absolute Gasteiger partial charge is 0.253 e.